The number of hydrogen-bond donors (Lipinski definition) is 2. The Balaban J connectivity index is 2.10. The Morgan fingerprint density at radius 3 is 2.41 bits per heavy atom. The van der Waals surface area contributed by atoms with Gasteiger partial charge in [0.25, 0.3) is 10.1 Å². The number of azo groups is 1. The van der Waals surface area contributed by atoms with Crippen molar-refractivity contribution in [3.63, 3.8) is 0 Å². The van der Waals surface area contributed by atoms with Crippen LogP contribution in [-0.4, -0.2) is 41.7 Å². The number of benzene rings is 2. The molecule has 2 N–H and O–H groups in total. The summed E-state index contributed by atoms with van der Waals surface area (Å²) in [5.74, 6) is -0.452. The monoisotopic (exact) mass is 456 g/mol. The van der Waals surface area contributed by atoms with E-state index in [0.717, 1.165) is 25.0 Å². The Morgan fingerprint density at radius 2 is 1.81 bits per heavy atom. The minimum absolute atomic E-state index is 0.166. The predicted octanol–water partition coefficient (Wildman–Crippen LogP) is 4.34. The zero-order valence-electron chi connectivity index (χ0n) is 17.9. The minimum Gasteiger partial charge on any atom is -0.372 e. The van der Waals surface area contributed by atoms with Crippen molar-refractivity contribution in [2.45, 2.75) is 25.7 Å². The highest BCUT2D eigenvalue weighted by molar-refractivity contribution is 7.86. The first-order valence-corrected chi connectivity index (χ1v) is 11.4. The van der Waals surface area contributed by atoms with Gasteiger partial charge in [0, 0.05) is 25.7 Å². The van der Waals surface area contributed by atoms with Crippen LogP contribution in [0.2, 0.25) is 0 Å². The molecule has 1 aromatic heterocycles. The van der Waals surface area contributed by atoms with E-state index < -0.39 is 15.0 Å². The SMILES string of the molecule is CCN(CC)c1ccc(N=Nc2c(S(=O)(=O)O)cnn2-c2ccccc2)c(NC(C)=O)c1. The summed E-state index contributed by atoms with van der Waals surface area (Å²) in [6.45, 7) is 7.00. The van der Waals surface area contributed by atoms with Gasteiger partial charge in [0.1, 0.15) is 5.69 Å². The summed E-state index contributed by atoms with van der Waals surface area (Å²) in [5, 5.41) is 15.0. The van der Waals surface area contributed by atoms with E-state index in [-0.39, 0.29) is 11.7 Å². The molecule has 11 heteroatoms. The summed E-state index contributed by atoms with van der Waals surface area (Å²) in [6.07, 6.45) is 1.01. The first-order chi connectivity index (χ1) is 15.2. The average Bonchev–Trinajstić information content (AvgIpc) is 3.19. The molecule has 3 rings (SSSR count). The number of nitrogens with one attached hydrogen (secondary N) is 1. The van der Waals surface area contributed by atoms with E-state index in [0.29, 0.717) is 17.1 Å². The molecule has 32 heavy (non-hydrogen) atoms. The van der Waals surface area contributed by atoms with Gasteiger partial charge in [0.2, 0.25) is 5.91 Å². The predicted molar refractivity (Wildman–Crippen MR) is 122 cm³/mol. The number of carbonyl (C=O) groups excluding carboxylic acids is 1. The highest BCUT2D eigenvalue weighted by Gasteiger charge is 2.22. The first kappa shape index (κ1) is 23.1. The molecule has 0 bridgehead atoms. The molecule has 168 valence electrons. The van der Waals surface area contributed by atoms with Gasteiger partial charge in [-0.3, -0.25) is 9.35 Å². The van der Waals surface area contributed by atoms with Gasteiger partial charge >= 0.3 is 0 Å². The molecular formula is C21H24N6O4S. The molecule has 0 atom stereocenters. The van der Waals surface area contributed by atoms with E-state index in [1.54, 1.807) is 42.5 Å². The maximum atomic E-state index is 11.8. The van der Waals surface area contributed by atoms with Gasteiger partial charge in [0.15, 0.2) is 10.7 Å². The van der Waals surface area contributed by atoms with Crippen molar-refractivity contribution in [3.05, 3.63) is 54.7 Å². The van der Waals surface area contributed by atoms with Crippen LogP contribution in [0.4, 0.5) is 22.9 Å². The summed E-state index contributed by atoms with van der Waals surface area (Å²) in [4.78, 5) is 13.3. The lowest BCUT2D eigenvalue weighted by Gasteiger charge is -2.22. The topological polar surface area (TPSA) is 129 Å². The number of hydrogen-bond acceptors (Lipinski definition) is 7. The van der Waals surface area contributed by atoms with Crippen molar-refractivity contribution in [3.8, 4) is 5.69 Å². The second-order valence-electron chi connectivity index (χ2n) is 6.81. The Morgan fingerprint density at radius 1 is 1.12 bits per heavy atom. The zero-order chi connectivity index (χ0) is 23.3. The highest BCUT2D eigenvalue weighted by atomic mass is 32.2. The number of carbonyl (C=O) groups is 1. The van der Waals surface area contributed by atoms with Crippen molar-refractivity contribution in [1.82, 2.24) is 9.78 Å². The molecule has 1 heterocycles. The fourth-order valence-electron chi connectivity index (χ4n) is 3.15. The van der Waals surface area contributed by atoms with Gasteiger partial charge in [-0.05, 0) is 44.2 Å². The van der Waals surface area contributed by atoms with Gasteiger partial charge in [-0.15, -0.1) is 10.2 Å². The molecule has 0 fully saturated rings. The van der Waals surface area contributed by atoms with E-state index in [1.807, 2.05) is 19.9 Å². The molecular weight excluding hydrogens is 432 g/mol. The molecule has 0 saturated heterocycles. The molecule has 0 unspecified atom stereocenters. The Bertz CT molecular complexity index is 1230. The van der Waals surface area contributed by atoms with Crippen molar-refractivity contribution < 1.29 is 17.8 Å². The third-order valence-corrected chi connectivity index (χ3v) is 5.51. The zero-order valence-corrected chi connectivity index (χ0v) is 18.7. The maximum Gasteiger partial charge on any atom is 0.299 e. The number of para-hydroxylation sites is 1. The number of rotatable bonds is 8. The first-order valence-electron chi connectivity index (χ1n) is 9.93. The molecule has 2 aromatic carbocycles. The lowest BCUT2D eigenvalue weighted by molar-refractivity contribution is -0.114. The summed E-state index contributed by atoms with van der Waals surface area (Å²) < 4.78 is 34.6. The molecule has 0 spiro atoms. The lowest BCUT2D eigenvalue weighted by atomic mass is 10.2. The van der Waals surface area contributed by atoms with Crippen molar-refractivity contribution >= 4 is 38.9 Å². The largest absolute Gasteiger partial charge is 0.372 e. The minimum atomic E-state index is -4.59. The average molecular weight is 457 g/mol. The van der Waals surface area contributed by atoms with E-state index >= 15 is 0 Å². The van der Waals surface area contributed by atoms with Crippen LogP contribution in [0.3, 0.4) is 0 Å². The van der Waals surface area contributed by atoms with E-state index in [9.17, 15) is 17.8 Å². The van der Waals surface area contributed by atoms with Crippen molar-refractivity contribution in [1.29, 1.82) is 0 Å². The summed E-state index contributed by atoms with van der Waals surface area (Å²) >= 11 is 0. The standard InChI is InChI=1S/C21H24N6O4S/c1-4-26(5-2)17-11-12-18(19(13-17)23-15(3)28)24-25-21-20(32(29,30)31)14-22-27(21)16-9-7-6-8-10-16/h6-14H,4-5H2,1-3H3,(H,23,28)(H,29,30,31). The van der Waals surface area contributed by atoms with Gasteiger partial charge < -0.3 is 10.2 Å². The third kappa shape index (κ3) is 5.18. The van der Waals surface area contributed by atoms with Crippen LogP contribution in [0.5, 0.6) is 0 Å². The summed E-state index contributed by atoms with van der Waals surface area (Å²) in [5.41, 5.74) is 2.17. The van der Waals surface area contributed by atoms with Crippen LogP contribution >= 0.6 is 0 Å². The van der Waals surface area contributed by atoms with E-state index in [2.05, 4.69) is 25.5 Å². The summed E-state index contributed by atoms with van der Waals surface area (Å²) in [7, 11) is -4.59. The molecule has 0 aliphatic heterocycles. The fraction of sp³-hybridized carbons (Fsp3) is 0.238. The second kappa shape index (κ2) is 9.71. The van der Waals surface area contributed by atoms with Crippen LogP contribution in [0.1, 0.15) is 20.8 Å². The van der Waals surface area contributed by atoms with Crippen LogP contribution in [0.25, 0.3) is 5.69 Å². The highest BCUT2D eigenvalue weighted by Crippen LogP contribution is 2.34. The van der Waals surface area contributed by atoms with E-state index in [1.165, 1.54) is 11.6 Å². The molecule has 10 nitrogen and oxygen atoms in total. The van der Waals surface area contributed by atoms with Crippen LogP contribution < -0.4 is 10.2 Å². The van der Waals surface area contributed by atoms with Crippen LogP contribution in [0, 0.1) is 0 Å². The summed E-state index contributed by atoms with van der Waals surface area (Å²) in [6, 6.07) is 14.0. The van der Waals surface area contributed by atoms with Crippen LogP contribution in [-0.2, 0) is 14.9 Å². The molecule has 0 aliphatic rings. The molecule has 0 saturated carbocycles. The van der Waals surface area contributed by atoms with Gasteiger partial charge in [-0.25, -0.2) is 4.68 Å². The second-order valence-corrected chi connectivity index (χ2v) is 8.20. The lowest BCUT2D eigenvalue weighted by Crippen LogP contribution is -2.21. The van der Waals surface area contributed by atoms with Gasteiger partial charge in [-0.1, -0.05) is 18.2 Å². The number of amides is 1. The van der Waals surface area contributed by atoms with Crippen molar-refractivity contribution in [2.75, 3.05) is 23.3 Å². The van der Waals surface area contributed by atoms with Crippen molar-refractivity contribution in [2.24, 2.45) is 10.2 Å². The normalized spacial score (nSPS) is 11.6. The molecule has 3 aromatic rings. The van der Waals surface area contributed by atoms with E-state index in [4.69, 9.17) is 0 Å². The quantitative estimate of drug-likeness (QED) is 0.383. The fourth-order valence-corrected chi connectivity index (χ4v) is 3.68. The molecule has 1 amide bonds. The van der Waals surface area contributed by atoms with Gasteiger partial charge in [0.05, 0.1) is 17.6 Å². The smallest absolute Gasteiger partial charge is 0.299 e. The molecule has 0 aliphatic carbocycles. The van der Waals surface area contributed by atoms with Gasteiger partial charge in [-0.2, -0.15) is 13.5 Å². The number of aromatic nitrogens is 2. The Kier molecular flexibility index (Phi) is 7.01. The Hall–Kier alpha value is -3.57. The Labute approximate surface area is 186 Å². The third-order valence-electron chi connectivity index (χ3n) is 4.66. The maximum absolute atomic E-state index is 11.8. The molecule has 0 radical (unpaired) electrons. The number of anilines is 2. The van der Waals surface area contributed by atoms with Crippen LogP contribution in [0.15, 0.2) is 69.9 Å². The number of nitrogens with zero attached hydrogens (tertiary/aromatic N) is 5.